The zero-order valence-corrected chi connectivity index (χ0v) is 7.59. The second kappa shape index (κ2) is 3.69. The molecule has 0 aromatic carbocycles. The number of nitrogens with two attached hydrogens (primary N) is 2. The molecule has 6 heteroatoms. The van der Waals surface area contributed by atoms with Crippen molar-refractivity contribution in [1.29, 1.82) is 0 Å². The Bertz CT molecular complexity index is 231. The van der Waals surface area contributed by atoms with Crippen molar-refractivity contribution in [2.45, 2.75) is 37.8 Å². The zero-order chi connectivity index (χ0) is 9.19. The molecule has 0 radical (unpaired) electrons. The van der Waals surface area contributed by atoms with Crippen LogP contribution in [0.5, 0.6) is 0 Å². The molecule has 72 valence electrons. The third-order valence-corrected chi connectivity index (χ3v) is 2.53. The van der Waals surface area contributed by atoms with Crippen LogP contribution < -0.4 is 10.9 Å². The second-order valence-electron chi connectivity index (χ2n) is 3.13. The Labute approximate surface area is 72.3 Å². The highest BCUT2D eigenvalue weighted by atomic mass is 32.2. The van der Waals surface area contributed by atoms with E-state index in [1.165, 1.54) is 0 Å². The van der Waals surface area contributed by atoms with E-state index in [1.54, 1.807) is 0 Å². The lowest BCUT2D eigenvalue weighted by molar-refractivity contribution is 0.154. The Morgan fingerprint density at radius 3 is 2.08 bits per heavy atom. The summed E-state index contributed by atoms with van der Waals surface area (Å²) >= 11 is 0. The monoisotopic (exact) mass is 194 g/mol. The van der Waals surface area contributed by atoms with Crippen LogP contribution in [0.2, 0.25) is 0 Å². The van der Waals surface area contributed by atoms with Gasteiger partial charge in [0.25, 0.3) is 0 Å². The van der Waals surface area contributed by atoms with Gasteiger partial charge in [0, 0.05) is 6.04 Å². The molecule has 0 heterocycles. The fraction of sp³-hybridized carbons (Fsp3) is 1.00. The Morgan fingerprint density at radius 2 is 1.67 bits per heavy atom. The summed E-state index contributed by atoms with van der Waals surface area (Å²) in [5, 5.41) is 4.72. The lowest BCUT2D eigenvalue weighted by Gasteiger charge is -2.24. The maximum Gasteiger partial charge on any atom is 0.333 e. The highest BCUT2D eigenvalue weighted by Gasteiger charge is 2.22. The van der Waals surface area contributed by atoms with E-state index >= 15 is 0 Å². The molecule has 5 nitrogen and oxygen atoms in total. The van der Waals surface area contributed by atoms with Gasteiger partial charge in [-0.15, -0.1) is 0 Å². The van der Waals surface area contributed by atoms with Crippen molar-refractivity contribution in [3.63, 3.8) is 0 Å². The average Bonchev–Trinajstić information content (AvgIpc) is 1.91. The molecule has 0 spiro atoms. The predicted octanol–water partition coefficient (Wildman–Crippen LogP) is -0.524. The van der Waals surface area contributed by atoms with Crippen molar-refractivity contribution >= 4 is 10.3 Å². The SMILES string of the molecule is NS(=O)(=O)O[C@H]1CC[C@H](N)CC1. The summed E-state index contributed by atoms with van der Waals surface area (Å²) in [6.07, 6.45) is 2.70. The molecular weight excluding hydrogens is 180 g/mol. The van der Waals surface area contributed by atoms with Gasteiger partial charge >= 0.3 is 10.3 Å². The van der Waals surface area contributed by atoms with Gasteiger partial charge in [-0.1, -0.05) is 0 Å². The first-order valence-corrected chi connectivity index (χ1v) is 5.41. The van der Waals surface area contributed by atoms with Gasteiger partial charge in [-0.2, -0.15) is 8.42 Å². The molecule has 1 rings (SSSR count). The zero-order valence-electron chi connectivity index (χ0n) is 6.77. The molecule has 0 bridgehead atoms. The van der Waals surface area contributed by atoms with Gasteiger partial charge in [0.05, 0.1) is 6.10 Å². The van der Waals surface area contributed by atoms with Crippen molar-refractivity contribution in [2.24, 2.45) is 10.9 Å². The Kier molecular flexibility index (Phi) is 3.05. The molecule has 4 N–H and O–H groups in total. The van der Waals surface area contributed by atoms with Gasteiger partial charge in [-0.25, -0.2) is 5.14 Å². The van der Waals surface area contributed by atoms with E-state index < -0.39 is 10.3 Å². The minimum Gasteiger partial charge on any atom is -0.328 e. The number of hydrogen-bond acceptors (Lipinski definition) is 4. The van der Waals surface area contributed by atoms with Crippen LogP contribution in [0.25, 0.3) is 0 Å². The smallest absolute Gasteiger partial charge is 0.328 e. The van der Waals surface area contributed by atoms with Gasteiger partial charge in [-0.05, 0) is 25.7 Å². The van der Waals surface area contributed by atoms with Gasteiger partial charge in [0.1, 0.15) is 0 Å². The highest BCUT2D eigenvalue weighted by Crippen LogP contribution is 2.20. The summed E-state index contributed by atoms with van der Waals surface area (Å²) in [4.78, 5) is 0. The first-order valence-electron chi connectivity index (χ1n) is 3.94. The third kappa shape index (κ3) is 3.48. The van der Waals surface area contributed by atoms with E-state index in [1.807, 2.05) is 0 Å². The molecule has 1 aliphatic rings. The normalized spacial score (nSPS) is 31.8. The van der Waals surface area contributed by atoms with E-state index in [9.17, 15) is 8.42 Å². The highest BCUT2D eigenvalue weighted by molar-refractivity contribution is 7.84. The van der Waals surface area contributed by atoms with E-state index in [0.717, 1.165) is 12.8 Å². The molecule has 0 unspecified atom stereocenters. The Morgan fingerprint density at radius 1 is 1.17 bits per heavy atom. The van der Waals surface area contributed by atoms with Gasteiger partial charge in [0.2, 0.25) is 0 Å². The summed E-state index contributed by atoms with van der Waals surface area (Å²) in [5.41, 5.74) is 5.62. The number of rotatable bonds is 2. The number of hydrogen-bond donors (Lipinski definition) is 2. The van der Waals surface area contributed by atoms with Gasteiger partial charge in [0.15, 0.2) is 0 Å². The maximum atomic E-state index is 10.5. The predicted molar refractivity (Wildman–Crippen MR) is 44.4 cm³/mol. The average molecular weight is 194 g/mol. The molecule has 0 atom stereocenters. The largest absolute Gasteiger partial charge is 0.333 e. The third-order valence-electron chi connectivity index (χ3n) is 1.99. The molecule has 0 aromatic heterocycles. The standard InChI is InChI=1S/C6H14N2O3S/c7-5-1-3-6(4-2-5)11-12(8,9)10/h5-6H,1-4,7H2,(H2,8,9,10)/t5-,6-. The topological polar surface area (TPSA) is 95.4 Å². The quantitative estimate of drug-likeness (QED) is 0.618. The van der Waals surface area contributed by atoms with E-state index in [0.29, 0.717) is 12.8 Å². The van der Waals surface area contributed by atoms with E-state index in [-0.39, 0.29) is 12.1 Å². The molecule has 1 fully saturated rings. The van der Waals surface area contributed by atoms with E-state index in [4.69, 9.17) is 10.9 Å². The molecule has 1 aliphatic carbocycles. The van der Waals surface area contributed by atoms with E-state index in [2.05, 4.69) is 4.18 Å². The van der Waals surface area contributed by atoms with Gasteiger partial charge in [-0.3, -0.25) is 4.18 Å². The van der Waals surface area contributed by atoms with Crippen molar-refractivity contribution in [3.05, 3.63) is 0 Å². The Hall–Kier alpha value is -0.170. The van der Waals surface area contributed by atoms with Crippen molar-refractivity contribution in [1.82, 2.24) is 0 Å². The van der Waals surface area contributed by atoms with Crippen molar-refractivity contribution in [3.8, 4) is 0 Å². The summed E-state index contributed by atoms with van der Waals surface area (Å²) in [6, 6.07) is 0.185. The van der Waals surface area contributed by atoms with Crippen LogP contribution in [0.15, 0.2) is 0 Å². The van der Waals surface area contributed by atoms with Crippen LogP contribution in [-0.4, -0.2) is 20.6 Å². The van der Waals surface area contributed by atoms with Crippen LogP contribution in [0.4, 0.5) is 0 Å². The summed E-state index contributed by atoms with van der Waals surface area (Å²) in [5.74, 6) is 0. The summed E-state index contributed by atoms with van der Waals surface area (Å²) < 4.78 is 25.6. The molecule has 0 amide bonds. The minimum absolute atomic E-state index is 0.185. The van der Waals surface area contributed by atoms with Crippen molar-refractivity contribution in [2.75, 3.05) is 0 Å². The van der Waals surface area contributed by atoms with Gasteiger partial charge < -0.3 is 5.73 Å². The second-order valence-corrected chi connectivity index (χ2v) is 4.30. The maximum absolute atomic E-state index is 10.5. The fourth-order valence-electron chi connectivity index (χ4n) is 1.37. The molecule has 0 aromatic rings. The molecule has 12 heavy (non-hydrogen) atoms. The fourth-order valence-corrected chi connectivity index (χ4v) is 1.95. The van der Waals surface area contributed by atoms with Crippen LogP contribution in [0, 0.1) is 0 Å². The Balaban J connectivity index is 2.36. The molecule has 1 saturated carbocycles. The minimum atomic E-state index is -3.78. The first-order chi connectivity index (χ1) is 5.47. The molecule has 0 saturated heterocycles. The van der Waals surface area contributed by atoms with Crippen LogP contribution in [0.3, 0.4) is 0 Å². The molecule has 0 aliphatic heterocycles. The summed E-state index contributed by atoms with van der Waals surface area (Å²) in [6.45, 7) is 0. The van der Waals surface area contributed by atoms with Crippen LogP contribution >= 0.6 is 0 Å². The molecular formula is C6H14N2O3S. The van der Waals surface area contributed by atoms with Crippen molar-refractivity contribution < 1.29 is 12.6 Å². The lowest BCUT2D eigenvalue weighted by Crippen LogP contribution is -2.33. The summed E-state index contributed by atoms with van der Waals surface area (Å²) in [7, 11) is -3.78. The lowest BCUT2D eigenvalue weighted by atomic mass is 9.94. The first kappa shape index (κ1) is 9.91. The van der Waals surface area contributed by atoms with Crippen LogP contribution in [0.1, 0.15) is 25.7 Å². The van der Waals surface area contributed by atoms with Crippen LogP contribution in [-0.2, 0) is 14.5 Å².